The number of benzene rings is 2. The van der Waals surface area contributed by atoms with Crippen LogP contribution in [0.2, 0.25) is 5.02 Å². The smallest absolute Gasteiger partial charge is 0.274 e. The van der Waals surface area contributed by atoms with Crippen molar-refractivity contribution in [1.82, 2.24) is 4.98 Å². The lowest BCUT2D eigenvalue weighted by atomic mass is 10.2. The minimum atomic E-state index is -0.265. The van der Waals surface area contributed by atoms with E-state index in [-0.39, 0.29) is 5.91 Å². The molecule has 0 aliphatic carbocycles. The first-order valence-electron chi connectivity index (χ1n) is 7.06. The van der Waals surface area contributed by atoms with Crippen molar-refractivity contribution in [1.29, 1.82) is 0 Å². The molecule has 0 unspecified atom stereocenters. The Hall–Kier alpha value is -2.85. The molecule has 4 nitrogen and oxygen atoms in total. The van der Waals surface area contributed by atoms with Gasteiger partial charge in [-0.15, -0.1) is 0 Å². The fourth-order valence-corrected chi connectivity index (χ4v) is 2.14. The van der Waals surface area contributed by atoms with Gasteiger partial charge in [-0.05, 0) is 48.5 Å². The van der Waals surface area contributed by atoms with Gasteiger partial charge >= 0.3 is 0 Å². The Labute approximate surface area is 139 Å². The molecule has 114 valence electrons. The molecule has 5 heteroatoms. The number of hydrogen-bond acceptors (Lipinski definition) is 3. The van der Waals surface area contributed by atoms with Crippen molar-refractivity contribution in [3.05, 3.63) is 83.6 Å². The standard InChI is InChI=1S/C18H14ClN3O/c19-13-6-8-15(9-7-13)22-18(23)17-11-10-16(12-20-17)21-14-4-2-1-3-5-14/h1-12,21H,(H,22,23). The molecule has 0 bridgehead atoms. The van der Waals surface area contributed by atoms with Crippen LogP contribution in [0, 0.1) is 0 Å². The number of aromatic nitrogens is 1. The minimum Gasteiger partial charge on any atom is -0.354 e. The Morgan fingerprint density at radius 3 is 2.17 bits per heavy atom. The Bertz CT molecular complexity index is 787. The maximum Gasteiger partial charge on any atom is 0.274 e. The van der Waals surface area contributed by atoms with Crippen LogP contribution < -0.4 is 10.6 Å². The maximum atomic E-state index is 12.1. The fourth-order valence-electron chi connectivity index (χ4n) is 2.02. The van der Waals surface area contributed by atoms with E-state index in [2.05, 4.69) is 15.6 Å². The number of pyridine rings is 1. The van der Waals surface area contributed by atoms with Crippen molar-refractivity contribution >= 4 is 34.6 Å². The SMILES string of the molecule is O=C(Nc1ccc(Cl)cc1)c1ccc(Nc2ccccc2)cn1. The van der Waals surface area contributed by atoms with Crippen LogP contribution in [0.25, 0.3) is 0 Å². The first-order valence-corrected chi connectivity index (χ1v) is 7.43. The molecule has 0 fully saturated rings. The molecule has 0 aliphatic heterocycles. The van der Waals surface area contributed by atoms with Crippen LogP contribution in [0.5, 0.6) is 0 Å². The number of amides is 1. The van der Waals surface area contributed by atoms with Crippen LogP contribution in [0.4, 0.5) is 17.1 Å². The molecule has 0 radical (unpaired) electrons. The van der Waals surface area contributed by atoms with E-state index >= 15 is 0 Å². The first kappa shape index (κ1) is 15.1. The van der Waals surface area contributed by atoms with E-state index < -0.39 is 0 Å². The van der Waals surface area contributed by atoms with Gasteiger partial charge in [-0.2, -0.15) is 0 Å². The van der Waals surface area contributed by atoms with Crippen molar-refractivity contribution < 1.29 is 4.79 Å². The monoisotopic (exact) mass is 323 g/mol. The third kappa shape index (κ3) is 4.08. The molecule has 0 spiro atoms. The van der Waals surface area contributed by atoms with Gasteiger partial charge in [0.25, 0.3) is 5.91 Å². The summed E-state index contributed by atoms with van der Waals surface area (Å²) in [5, 5.41) is 6.61. The van der Waals surface area contributed by atoms with Gasteiger partial charge in [-0.3, -0.25) is 4.79 Å². The summed E-state index contributed by atoms with van der Waals surface area (Å²) in [5.41, 5.74) is 2.80. The van der Waals surface area contributed by atoms with Crippen LogP contribution >= 0.6 is 11.6 Å². The summed E-state index contributed by atoms with van der Waals surface area (Å²) < 4.78 is 0. The zero-order valence-electron chi connectivity index (χ0n) is 12.2. The molecule has 2 aromatic carbocycles. The molecule has 0 saturated carbocycles. The molecule has 3 aromatic rings. The number of hydrogen-bond donors (Lipinski definition) is 2. The second-order valence-corrected chi connectivity index (χ2v) is 5.32. The Balaban J connectivity index is 1.66. The van der Waals surface area contributed by atoms with Gasteiger partial charge in [0.2, 0.25) is 0 Å². The van der Waals surface area contributed by atoms with Gasteiger partial charge in [0, 0.05) is 16.4 Å². The largest absolute Gasteiger partial charge is 0.354 e. The number of para-hydroxylation sites is 1. The van der Waals surface area contributed by atoms with E-state index in [1.54, 1.807) is 36.5 Å². The highest BCUT2D eigenvalue weighted by Crippen LogP contribution is 2.17. The molecule has 0 aliphatic rings. The highest BCUT2D eigenvalue weighted by atomic mass is 35.5. The molecule has 0 atom stereocenters. The normalized spacial score (nSPS) is 10.1. The van der Waals surface area contributed by atoms with Crippen LogP contribution in [0.1, 0.15) is 10.5 Å². The average molecular weight is 324 g/mol. The van der Waals surface area contributed by atoms with Gasteiger partial charge in [-0.1, -0.05) is 29.8 Å². The number of halogens is 1. The van der Waals surface area contributed by atoms with Crippen LogP contribution in [0.15, 0.2) is 72.9 Å². The van der Waals surface area contributed by atoms with E-state index in [0.717, 1.165) is 11.4 Å². The molecule has 3 rings (SSSR count). The van der Waals surface area contributed by atoms with Crippen LogP contribution in [-0.2, 0) is 0 Å². The van der Waals surface area contributed by atoms with Gasteiger partial charge in [0.15, 0.2) is 0 Å². The lowest BCUT2D eigenvalue weighted by molar-refractivity contribution is 0.102. The average Bonchev–Trinajstić information content (AvgIpc) is 2.58. The zero-order chi connectivity index (χ0) is 16.1. The fraction of sp³-hybridized carbons (Fsp3) is 0. The van der Waals surface area contributed by atoms with E-state index in [0.29, 0.717) is 16.4 Å². The Kier molecular flexibility index (Phi) is 4.54. The van der Waals surface area contributed by atoms with Gasteiger partial charge in [0.05, 0.1) is 11.9 Å². The Morgan fingerprint density at radius 2 is 1.52 bits per heavy atom. The molecule has 1 amide bonds. The van der Waals surface area contributed by atoms with Crippen molar-refractivity contribution in [2.24, 2.45) is 0 Å². The highest BCUT2D eigenvalue weighted by molar-refractivity contribution is 6.30. The summed E-state index contributed by atoms with van der Waals surface area (Å²) in [7, 11) is 0. The van der Waals surface area contributed by atoms with Crippen molar-refractivity contribution in [3.8, 4) is 0 Å². The van der Waals surface area contributed by atoms with Crippen LogP contribution in [0.3, 0.4) is 0 Å². The molecule has 23 heavy (non-hydrogen) atoms. The molecular formula is C18H14ClN3O. The summed E-state index contributed by atoms with van der Waals surface area (Å²) in [6, 6.07) is 20.2. The van der Waals surface area contributed by atoms with Crippen molar-refractivity contribution in [2.45, 2.75) is 0 Å². The van der Waals surface area contributed by atoms with E-state index in [9.17, 15) is 4.79 Å². The molecular weight excluding hydrogens is 310 g/mol. The maximum absolute atomic E-state index is 12.1. The molecule has 1 aromatic heterocycles. The molecule has 1 heterocycles. The highest BCUT2D eigenvalue weighted by Gasteiger charge is 2.07. The third-order valence-corrected chi connectivity index (χ3v) is 3.41. The van der Waals surface area contributed by atoms with E-state index in [4.69, 9.17) is 11.6 Å². The number of rotatable bonds is 4. The minimum absolute atomic E-state index is 0.265. The number of anilines is 3. The first-order chi connectivity index (χ1) is 11.2. The third-order valence-electron chi connectivity index (χ3n) is 3.16. The van der Waals surface area contributed by atoms with Crippen LogP contribution in [-0.4, -0.2) is 10.9 Å². The van der Waals surface area contributed by atoms with E-state index in [1.807, 2.05) is 36.4 Å². The van der Waals surface area contributed by atoms with Crippen molar-refractivity contribution in [3.63, 3.8) is 0 Å². The van der Waals surface area contributed by atoms with Crippen molar-refractivity contribution in [2.75, 3.05) is 10.6 Å². The molecule has 2 N–H and O–H groups in total. The summed E-state index contributed by atoms with van der Waals surface area (Å²) in [6.07, 6.45) is 1.63. The second-order valence-electron chi connectivity index (χ2n) is 4.88. The van der Waals surface area contributed by atoms with Gasteiger partial charge < -0.3 is 10.6 Å². The number of carbonyl (C=O) groups is 1. The lowest BCUT2D eigenvalue weighted by Gasteiger charge is -2.07. The molecule has 0 saturated heterocycles. The summed E-state index contributed by atoms with van der Waals surface area (Å²) in [5.74, 6) is -0.265. The number of nitrogens with one attached hydrogen (secondary N) is 2. The predicted molar refractivity (Wildman–Crippen MR) is 93.4 cm³/mol. The lowest BCUT2D eigenvalue weighted by Crippen LogP contribution is -2.13. The number of nitrogens with zero attached hydrogens (tertiary/aromatic N) is 1. The zero-order valence-corrected chi connectivity index (χ0v) is 12.9. The quantitative estimate of drug-likeness (QED) is 0.729. The number of carbonyl (C=O) groups excluding carboxylic acids is 1. The summed E-state index contributed by atoms with van der Waals surface area (Å²) in [4.78, 5) is 16.3. The second kappa shape index (κ2) is 6.94. The topological polar surface area (TPSA) is 54.0 Å². The summed E-state index contributed by atoms with van der Waals surface area (Å²) >= 11 is 5.82. The summed E-state index contributed by atoms with van der Waals surface area (Å²) in [6.45, 7) is 0. The van der Waals surface area contributed by atoms with E-state index in [1.165, 1.54) is 0 Å². The Morgan fingerprint density at radius 1 is 0.826 bits per heavy atom. The van der Waals surface area contributed by atoms with Gasteiger partial charge in [-0.25, -0.2) is 4.98 Å². The van der Waals surface area contributed by atoms with Gasteiger partial charge in [0.1, 0.15) is 5.69 Å². The predicted octanol–water partition coefficient (Wildman–Crippen LogP) is 4.73.